The van der Waals surface area contributed by atoms with Gasteiger partial charge in [0.2, 0.25) is 5.91 Å². The van der Waals surface area contributed by atoms with Crippen molar-refractivity contribution < 1.29 is 14.4 Å². The van der Waals surface area contributed by atoms with Crippen molar-refractivity contribution in [2.24, 2.45) is 5.73 Å². The number of likely N-dealkylation sites (tertiary alicyclic amines) is 1. The standard InChI is InChI=1S/C24H33N7O3/c1-5-19(32)27-16-10-8-15(9-11-16)22(33)29-21(26)18-14-31(24(2,3)20(18)25)23(34)28-17-7-6-12-30(4)13-17/h5,8-11,17H,1,6-7,12-14,25H2,2-4H3,(H,27,32)(H,28,34)(H2,26,29,33)/t17-/m0/s1. The second kappa shape index (κ2) is 10.1. The lowest BCUT2D eigenvalue weighted by molar-refractivity contribution is -0.111. The molecule has 0 aromatic heterocycles. The molecule has 2 aliphatic heterocycles. The first-order valence-electron chi connectivity index (χ1n) is 11.2. The van der Waals surface area contributed by atoms with Gasteiger partial charge in [-0.1, -0.05) is 6.58 Å². The quantitative estimate of drug-likeness (QED) is 0.254. The van der Waals surface area contributed by atoms with Gasteiger partial charge in [0, 0.05) is 35.1 Å². The summed E-state index contributed by atoms with van der Waals surface area (Å²) in [5, 5.41) is 16.7. The number of urea groups is 1. The van der Waals surface area contributed by atoms with Gasteiger partial charge in [-0.3, -0.25) is 15.0 Å². The molecule has 10 heteroatoms. The molecule has 0 spiro atoms. The Morgan fingerprint density at radius 3 is 2.53 bits per heavy atom. The van der Waals surface area contributed by atoms with E-state index in [2.05, 4.69) is 27.4 Å². The second-order valence-corrected chi connectivity index (χ2v) is 9.19. The van der Waals surface area contributed by atoms with Crippen LogP contribution in [0.5, 0.6) is 0 Å². The van der Waals surface area contributed by atoms with Crippen molar-refractivity contribution in [3.63, 3.8) is 0 Å². The molecule has 1 fully saturated rings. The van der Waals surface area contributed by atoms with E-state index in [1.54, 1.807) is 29.2 Å². The normalized spacial score (nSPS) is 20.0. The first kappa shape index (κ1) is 25.0. The second-order valence-electron chi connectivity index (χ2n) is 9.19. The highest BCUT2D eigenvalue weighted by Gasteiger charge is 2.43. The molecule has 0 radical (unpaired) electrons. The molecule has 1 aromatic rings. The van der Waals surface area contributed by atoms with Gasteiger partial charge in [-0.15, -0.1) is 0 Å². The summed E-state index contributed by atoms with van der Waals surface area (Å²) in [6, 6.07) is 6.07. The van der Waals surface area contributed by atoms with Gasteiger partial charge in [-0.05, 0) is 70.6 Å². The van der Waals surface area contributed by atoms with E-state index in [0.717, 1.165) is 32.0 Å². The summed E-state index contributed by atoms with van der Waals surface area (Å²) in [5.41, 5.74) is 7.15. The third-order valence-electron chi connectivity index (χ3n) is 6.31. The molecular formula is C24H33N7O3. The van der Waals surface area contributed by atoms with Gasteiger partial charge in [0.15, 0.2) is 0 Å². The van der Waals surface area contributed by atoms with Gasteiger partial charge in [0.1, 0.15) is 5.84 Å². The lowest BCUT2D eigenvalue weighted by atomic mass is 10.00. The largest absolute Gasteiger partial charge is 0.400 e. The minimum absolute atomic E-state index is 0.0608. The SMILES string of the molecule is C=CC(=O)Nc1ccc(C(=O)NC(=N)C2=C(N)C(C)(C)N(C(=O)N[C@H]3CCCN(C)C3)C2)cc1. The summed E-state index contributed by atoms with van der Waals surface area (Å²) in [4.78, 5) is 40.9. The van der Waals surface area contributed by atoms with E-state index in [4.69, 9.17) is 11.1 Å². The lowest BCUT2D eigenvalue weighted by Crippen LogP contribution is -2.55. The maximum Gasteiger partial charge on any atom is 0.318 e. The molecule has 34 heavy (non-hydrogen) atoms. The van der Waals surface area contributed by atoms with Gasteiger partial charge >= 0.3 is 6.03 Å². The number of nitrogens with two attached hydrogens (primary N) is 1. The van der Waals surface area contributed by atoms with Crippen LogP contribution >= 0.6 is 0 Å². The molecule has 182 valence electrons. The summed E-state index contributed by atoms with van der Waals surface area (Å²) in [6.07, 6.45) is 3.09. The molecule has 4 amide bonds. The number of carbonyl (C=O) groups is 3. The van der Waals surface area contributed by atoms with Crippen LogP contribution in [0.25, 0.3) is 0 Å². The topological polar surface area (TPSA) is 144 Å². The molecule has 1 aromatic carbocycles. The van der Waals surface area contributed by atoms with Gasteiger partial charge in [-0.2, -0.15) is 0 Å². The number of hydrogen-bond acceptors (Lipinski definition) is 6. The number of likely N-dealkylation sites (N-methyl/N-ethyl adjacent to an activating group) is 1. The van der Waals surface area contributed by atoms with Crippen LogP contribution in [-0.4, -0.2) is 71.7 Å². The number of hydrogen-bond donors (Lipinski definition) is 5. The van der Waals surface area contributed by atoms with Gasteiger partial charge in [0.05, 0.1) is 12.1 Å². The van der Waals surface area contributed by atoms with Crippen molar-refractivity contribution in [1.82, 2.24) is 20.4 Å². The molecule has 0 saturated carbocycles. The molecule has 2 aliphatic rings. The number of anilines is 1. The van der Waals surface area contributed by atoms with E-state index in [1.165, 1.54) is 0 Å². The monoisotopic (exact) mass is 467 g/mol. The highest BCUT2D eigenvalue weighted by Crippen LogP contribution is 2.31. The van der Waals surface area contributed by atoms with Crippen LogP contribution < -0.4 is 21.7 Å². The number of carbonyl (C=O) groups excluding carboxylic acids is 3. The zero-order valence-corrected chi connectivity index (χ0v) is 19.9. The van der Waals surface area contributed by atoms with E-state index in [-0.39, 0.29) is 30.4 Å². The van der Waals surface area contributed by atoms with Crippen molar-refractivity contribution in [1.29, 1.82) is 5.41 Å². The van der Waals surface area contributed by atoms with Crippen LogP contribution in [0, 0.1) is 5.41 Å². The summed E-state index contributed by atoms with van der Waals surface area (Å²) < 4.78 is 0. The maximum absolute atomic E-state index is 13.0. The van der Waals surface area contributed by atoms with E-state index < -0.39 is 11.4 Å². The minimum Gasteiger partial charge on any atom is -0.400 e. The Kier molecular flexibility index (Phi) is 7.41. The Balaban J connectivity index is 1.64. The smallest absolute Gasteiger partial charge is 0.318 e. The first-order valence-corrected chi connectivity index (χ1v) is 11.2. The molecule has 0 aliphatic carbocycles. The average Bonchev–Trinajstić information content (AvgIpc) is 3.03. The van der Waals surface area contributed by atoms with Crippen molar-refractivity contribution in [3.05, 3.63) is 53.8 Å². The predicted octanol–water partition coefficient (Wildman–Crippen LogP) is 1.63. The Labute approximate surface area is 199 Å². The number of amidine groups is 1. The zero-order chi connectivity index (χ0) is 25.0. The number of rotatable bonds is 5. The molecule has 1 atom stereocenters. The number of amides is 4. The fourth-order valence-electron chi connectivity index (χ4n) is 4.19. The Hall–Kier alpha value is -3.66. The van der Waals surface area contributed by atoms with E-state index in [1.807, 2.05) is 20.9 Å². The Bertz CT molecular complexity index is 1030. The van der Waals surface area contributed by atoms with Crippen LogP contribution in [0.4, 0.5) is 10.5 Å². The van der Waals surface area contributed by atoms with Crippen molar-refractivity contribution in [2.45, 2.75) is 38.3 Å². The summed E-state index contributed by atoms with van der Waals surface area (Å²) in [6.45, 7) is 8.98. The Morgan fingerprint density at radius 2 is 1.91 bits per heavy atom. The summed E-state index contributed by atoms with van der Waals surface area (Å²) in [5.74, 6) is -0.987. The highest BCUT2D eigenvalue weighted by molar-refractivity contribution is 6.12. The van der Waals surface area contributed by atoms with Crippen molar-refractivity contribution in [2.75, 3.05) is 32.0 Å². The molecule has 3 rings (SSSR count). The van der Waals surface area contributed by atoms with Crippen LogP contribution in [0.2, 0.25) is 0 Å². The van der Waals surface area contributed by atoms with Gasteiger partial charge in [-0.25, -0.2) is 4.79 Å². The molecule has 2 heterocycles. The Morgan fingerprint density at radius 1 is 1.24 bits per heavy atom. The number of nitrogens with zero attached hydrogens (tertiary/aromatic N) is 2. The first-order chi connectivity index (χ1) is 16.0. The van der Waals surface area contributed by atoms with Crippen LogP contribution in [0.1, 0.15) is 37.0 Å². The fourth-order valence-corrected chi connectivity index (χ4v) is 4.19. The number of piperidine rings is 1. The summed E-state index contributed by atoms with van der Waals surface area (Å²) >= 11 is 0. The van der Waals surface area contributed by atoms with E-state index in [0.29, 0.717) is 22.5 Å². The third kappa shape index (κ3) is 5.45. The minimum atomic E-state index is -0.804. The summed E-state index contributed by atoms with van der Waals surface area (Å²) in [7, 11) is 2.03. The van der Waals surface area contributed by atoms with Crippen molar-refractivity contribution >= 4 is 29.4 Å². The van der Waals surface area contributed by atoms with Gasteiger partial charge in [0.25, 0.3) is 5.91 Å². The molecular weight excluding hydrogens is 434 g/mol. The number of benzene rings is 1. The highest BCUT2D eigenvalue weighted by atomic mass is 16.2. The predicted molar refractivity (Wildman–Crippen MR) is 132 cm³/mol. The van der Waals surface area contributed by atoms with E-state index in [9.17, 15) is 14.4 Å². The maximum atomic E-state index is 13.0. The lowest BCUT2D eigenvalue weighted by Gasteiger charge is -2.36. The van der Waals surface area contributed by atoms with E-state index >= 15 is 0 Å². The van der Waals surface area contributed by atoms with Gasteiger partial charge < -0.3 is 31.5 Å². The van der Waals surface area contributed by atoms with Crippen LogP contribution in [0.3, 0.4) is 0 Å². The molecule has 10 nitrogen and oxygen atoms in total. The fraction of sp³-hybridized carbons (Fsp3) is 0.417. The molecule has 6 N–H and O–H groups in total. The van der Waals surface area contributed by atoms with Crippen LogP contribution in [0.15, 0.2) is 48.2 Å². The molecule has 0 unspecified atom stereocenters. The number of nitrogens with one attached hydrogen (secondary N) is 4. The van der Waals surface area contributed by atoms with Crippen molar-refractivity contribution in [3.8, 4) is 0 Å². The zero-order valence-electron chi connectivity index (χ0n) is 19.9. The average molecular weight is 468 g/mol. The van der Waals surface area contributed by atoms with Crippen LogP contribution in [-0.2, 0) is 4.79 Å². The molecule has 1 saturated heterocycles. The molecule has 0 bridgehead atoms. The third-order valence-corrected chi connectivity index (χ3v) is 6.31.